The molecule has 0 radical (unpaired) electrons. The molecule has 0 N–H and O–H groups in total. The third kappa shape index (κ3) is 7.64. The van der Waals surface area contributed by atoms with Crippen molar-refractivity contribution >= 4 is 0 Å². The van der Waals surface area contributed by atoms with Gasteiger partial charge in [0.1, 0.15) is 0 Å². The number of hydrogen-bond donors (Lipinski definition) is 0. The minimum Gasteiger partial charge on any atom is -0.0859 e. The quantitative estimate of drug-likeness (QED) is 0.521. The van der Waals surface area contributed by atoms with Crippen molar-refractivity contribution in [1.29, 1.82) is 0 Å². The van der Waals surface area contributed by atoms with Gasteiger partial charge in [0, 0.05) is 0 Å². The Morgan fingerprint density at radius 3 is 2.45 bits per heavy atom. The average Bonchev–Trinajstić information content (AvgIpc) is 1.87. The summed E-state index contributed by atoms with van der Waals surface area (Å²) in [5, 5.41) is 0. The van der Waals surface area contributed by atoms with E-state index in [9.17, 15) is 0 Å². The number of allylic oxidation sites excluding steroid dienone is 2. The molecule has 0 heteroatoms. The molecular weight excluding hydrogens is 132 g/mol. The first-order chi connectivity index (χ1) is 5.16. The fourth-order valence-corrected chi connectivity index (χ4v) is 1.24. The predicted octanol–water partition coefficient (Wildman–Crippen LogP) is 4.17. The van der Waals surface area contributed by atoms with Gasteiger partial charge < -0.3 is 0 Å². The van der Waals surface area contributed by atoms with Crippen molar-refractivity contribution < 1.29 is 0 Å². The third-order valence-corrected chi connectivity index (χ3v) is 1.91. The summed E-state index contributed by atoms with van der Waals surface area (Å²) in [5.74, 6) is 0.865. The molecule has 0 aliphatic heterocycles. The Bertz CT molecular complexity index is 109. The second kappa shape index (κ2) is 6.45. The molecule has 0 saturated carbocycles. The standard InChI is InChI=1S/C11H22/c1-5-7-11(4)9-6-8-10(2)3/h7,10H,5-6,8-9H2,1-4H3/b11-7+. The van der Waals surface area contributed by atoms with Crippen LogP contribution in [0.3, 0.4) is 0 Å². The molecule has 0 nitrogen and oxygen atoms in total. The van der Waals surface area contributed by atoms with Gasteiger partial charge in [-0.3, -0.25) is 0 Å². The summed E-state index contributed by atoms with van der Waals surface area (Å²) in [6, 6.07) is 0. The van der Waals surface area contributed by atoms with Crippen molar-refractivity contribution in [3.8, 4) is 0 Å². The lowest BCUT2D eigenvalue weighted by Gasteiger charge is -2.03. The number of hydrogen-bond acceptors (Lipinski definition) is 0. The van der Waals surface area contributed by atoms with Crippen LogP contribution < -0.4 is 0 Å². The lowest BCUT2D eigenvalue weighted by atomic mass is 10.0. The van der Waals surface area contributed by atoms with Crippen molar-refractivity contribution in [3.05, 3.63) is 11.6 Å². The minimum absolute atomic E-state index is 0.865. The van der Waals surface area contributed by atoms with Gasteiger partial charge in [-0.15, -0.1) is 0 Å². The summed E-state index contributed by atoms with van der Waals surface area (Å²) in [6.45, 7) is 9.02. The highest BCUT2D eigenvalue weighted by Crippen LogP contribution is 2.11. The largest absolute Gasteiger partial charge is 0.0859 e. The van der Waals surface area contributed by atoms with Gasteiger partial charge in [0.25, 0.3) is 0 Å². The van der Waals surface area contributed by atoms with Gasteiger partial charge >= 0.3 is 0 Å². The van der Waals surface area contributed by atoms with Crippen LogP contribution in [0.5, 0.6) is 0 Å². The van der Waals surface area contributed by atoms with Crippen LogP contribution in [-0.2, 0) is 0 Å². The van der Waals surface area contributed by atoms with Gasteiger partial charge in [-0.2, -0.15) is 0 Å². The van der Waals surface area contributed by atoms with E-state index in [1.807, 2.05) is 0 Å². The summed E-state index contributed by atoms with van der Waals surface area (Å²) >= 11 is 0. The van der Waals surface area contributed by atoms with Crippen LogP contribution in [0.4, 0.5) is 0 Å². The first-order valence-corrected chi connectivity index (χ1v) is 4.82. The van der Waals surface area contributed by atoms with Gasteiger partial charge in [-0.1, -0.05) is 38.8 Å². The summed E-state index contributed by atoms with van der Waals surface area (Å²) in [5.41, 5.74) is 1.56. The van der Waals surface area contributed by atoms with E-state index in [-0.39, 0.29) is 0 Å². The molecule has 0 aromatic rings. The molecule has 0 heterocycles. The van der Waals surface area contributed by atoms with E-state index in [1.54, 1.807) is 5.57 Å². The highest BCUT2D eigenvalue weighted by atomic mass is 14.0. The lowest BCUT2D eigenvalue weighted by Crippen LogP contribution is -1.87. The van der Waals surface area contributed by atoms with Gasteiger partial charge in [0.15, 0.2) is 0 Å². The summed E-state index contributed by atoms with van der Waals surface area (Å²) in [4.78, 5) is 0. The van der Waals surface area contributed by atoms with E-state index in [0.29, 0.717) is 0 Å². The fourth-order valence-electron chi connectivity index (χ4n) is 1.24. The molecule has 0 unspecified atom stereocenters. The Labute approximate surface area is 71.7 Å². The molecule has 11 heavy (non-hydrogen) atoms. The zero-order chi connectivity index (χ0) is 8.69. The molecule has 0 rings (SSSR count). The van der Waals surface area contributed by atoms with Crippen LogP contribution in [-0.4, -0.2) is 0 Å². The summed E-state index contributed by atoms with van der Waals surface area (Å²) in [7, 11) is 0. The van der Waals surface area contributed by atoms with Gasteiger partial charge in [-0.25, -0.2) is 0 Å². The third-order valence-electron chi connectivity index (χ3n) is 1.91. The maximum Gasteiger partial charge on any atom is -0.0323 e. The van der Waals surface area contributed by atoms with Crippen LogP contribution in [0.1, 0.15) is 53.4 Å². The SMILES string of the molecule is CC/C=C(\C)CCCC(C)C. The van der Waals surface area contributed by atoms with Crippen LogP contribution in [0.2, 0.25) is 0 Å². The van der Waals surface area contributed by atoms with E-state index >= 15 is 0 Å². The molecule has 0 aromatic heterocycles. The molecule has 0 amide bonds. The monoisotopic (exact) mass is 154 g/mol. The molecular formula is C11H22. The zero-order valence-corrected chi connectivity index (χ0v) is 8.48. The second-order valence-electron chi connectivity index (χ2n) is 3.74. The molecule has 0 bridgehead atoms. The van der Waals surface area contributed by atoms with E-state index < -0.39 is 0 Å². The fraction of sp³-hybridized carbons (Fsp3) is 0.818. The van der Waals surface area contributed by atoms with Crippen LogP contribution in [0.15, 0.2) is 11.6 Å². The molecule has 0 aliphatic carbocycles. The minimum atomic E-state index is 0.865. The summed E-state index contributed by atoms with van der Waals surface area (Å²) in [6.07, 6.45) is 7.55. The normalized spacial score (nSPS) is 12.6. The molecule has 0 saturated heterocycles. The Balaban J connectivity index is 3.31. The van der Waals surface area contributed by atoms with Crippen LogP contribution in [0, 0.1) is 5.92 Å². The van der Waals surface area contributed by atoms with E-state index in [1.165, 1.54) is 25.7 Å². The summed E-state index contributed by atoms with van der Waals surface area (Å²) < 4.78 is 0. The highest BCUT2D eigenvalue weighted by Gasteiger charge is 1.94. The predicted molar refractivity (Wildman–Crippen MR) is 52.7 cm³/mol. The highest BCUT2D eigenvalue weighted by molar-refractivity contribution is 4.96. The molecule has 0 aromatic carbocycles. The molecule has 0 aliphatic rings. The van der Waals surface area contributed by atoms with Gasteiger partial charge in [0.05, 0.1) is 0 Å². The zero-order valence-electron chi connectivity index (χ0n) is 8.48. The lowest BCUT2D eigenvalue weighted by molar-refractivity contribution is 0.554. The second-order valence-corrected chi connectivity index (χ2v) is 3.74. The van der Waals surface area contributed by atoms with E-state index in [4.69, 9.17) is 0 Å². The maximum absolute atomic E-state index is 2.33. The Morgan fingerprint density at radius 1 is 1.36 bits per heavy atom. The van der Waals surface area contributed by atoms with Crippen LogP contribution >= 0.6 is 0 Å². The van der Waals surface area contributed by atoms with E-state index in [2.05, 4.69) is 33.8 Å². The van der Waals surface area contributed by atoms with E-state index in [0.717, 1.165) is 5.92 Å². The molecule has 66 valence electrons. The Hall–Kier alpha value is -0.260. The van der Waals surface area contributed by atoms with Crippen molar-refractivity contribution in [1.82, 2.24) is 0 Å². The molecule has 0 fully saturated rings. The van der Waals surface area contributed by atoms with Gasteiger partial charge in [-0.05, 0) is 32.1 Å². The maximum atomic E-state index is 2.33. The van der Waals surface area contributed by atoms with Gasteiger partial charge in [0.2, 0.25) is 0 Å². The Kier molecular flexibility index (Phi) is 6.30. The number of rotatable bonds is 5. The molecule has 0 atom stereocenters. The first kappa shape index (κ1) is 10.7. The average molecular weight is 154 g/mol. The van der Waals surface area contributed by atoms with Crippen LogP contribution in [0.25, 0.3) is 0 Å². The first-order valence-electron chi connectivity index (χ1n) is 4.82. The van der Waals surface area contributed by atoms with Crippen molar-refractivity contribution in [3.63, 3.8) is 0 Å². The van der Waals surface area contributed by atoms with Crippen molar-refractivity contribution in [2.24, 2.45) is 5.92 Å². The smallest absolute Gasteiger partial charge is 0.0323 e. The van der Waals surface area contributed by atoms with Crippen molar-refractivity contribution in [2.75, 3.05) is 0 Å². The Morgan fingerprint density at radius 2 is 2.00 bits per heavy atom. The molecule has 0 spiro atoms. The van der Waals surface area contributed by atoms with Crippen molar-refractivity contribution in [2.45, 2.75) is 53.4 Å². The topological polar surface area (TPSA) is 0 Å².